The third-order valence-electron chi connectivity index (χ3n) is 2.50. The van der Waals surface area contributed by atoms with Gasteiger partial charge in [-0.15, -0.1) is 0 Å². The first-order valence-electron chi connectivity index (χ1n) is 5.89. The second kappa shape index (κ2) is 6.49. The zero-order valence-corrected chi connectivity index (χ0v) is 11.8. The van der Waals surface area contributed by atoms with Crippen LogP contribution in [0, 0.1) is 5.82 Å². The average Bonchev–Trinajstić information content (AvgIpc) is 2.42. The smallest absolute Gasteiger partial charge is 0.158 e. The van der Waals surface area contributed by atoms with Crippen LogP contribution >= 0.6 is 11.6 Å². The molecule has 2 rings (SSSR count). The molecule has 1 heterocycles. The molecule has 0 fully saturated rings. The van der Waals surface area contributed by atoms with E-state index in [2.05, 4.69) is 20.6 Å². The van der Waals surface area contributed by atoms with Crippen LogP contribution in [0.15, 0.2) is 24.3 Å². The van der Waals surface area contributed by atoms with Crippen LogP contribution < -0.4 is 10.6 Å². The van der Waals surface area contributed by atoms with Gasteiger partial charge < -0.3 is 15.4 Å². The maximum absolute atomic E-state index is 13.7. The summed E-state index contributed by atoms with van der Waals surface area (Å²) >= 11 is 5.71. The van der Waals surface area contributed by atoms with Crippen molar-refractivity contribution in [3.8, 4) is 0 Å². The summed E-state index contributed by atoms with van der Waals surface area (Å²) in [6.45, 7) is 0.271. The Kier molecular flexibility index (Phi) is 4.70. The summed E-state index contributed by atoms with van der Waals surface area (Å²) in [5.74, 6) is 1.13. The Morgan fingerprint density at radius 3 is 2.65 bits per heavy atom. The molecular weight excluding hydrogens is 283 g/mol. The molecular formula is C13H14ClFN4O. The van der Waals surface area contributed by atoms with Crippen LogP contribution in [0.5, 0.6) is 0 Å². The van der Waals surface area contributed by atoms with E-state index in [1.165, 1.54) is 6.07 Å². The molecule has 0 spiro atoms. The number of nitrogens with one attached hydrogen (secondary N) is 2. The molecule has 2 N–H and O–H groups in total. The van der Waals surface area contributed by atoms with Gasteiger partial charge in [0.2, 0.25) is 0 Å². The molecule has 0 atom stereocenters. The Bertz CT molecular complexity index is 609. The van der Waals surface area contributed by atoms with Gasteiger partial charge >= 0.3 is 0 Å². The third kappa shape index (κ3) is 3.55. The maximum Gasteiger partial charge on any atom is 0.158 e. The van der Waals surface area contributed by atoms with Crippen molar-refractivity contribution in [3.63, 3.8) is 0 Å². The minimum atomic E-state index is -0.449. The maximum atomic E-state index is 13.7. The monoisotopic (exact) mass is 296 g/mol. The summed E-state index contributed by atoms with van der Waals surface area (Å²) in [5.41, 5.74) is 0.290. The molecule has 0 aliphatic rings. The molecule has 0 saturated heterocycles. The van der Waals surface area contributed by atoms with Gasteiger partial charge in [-0.2, -0.15) is 0 Å². The van der Waals surface area contributed by atoms with E-state index in [1.807, 2.05) is 0 Å². The molecule has 20 heavy (non-hydrogen) atoms. The van der Waals surface area contributed by atoms with Crippen molar-refractivity contribution in [2.45, 2.75) is 6.61 Å². The van der Waals surface area contributed by atoms with Gasteiger partial charge in [0, 0.05) is 25.2 Å². The fourth-order valence-corrected chi connectivity index (χ4v) is 1.77. The van der Waals surface area contributed by atoms with Crippen molar-refractivity contribution in [1.82, 2.24) is 9.97 Å². The standard InChI is InChI=1S/C13H14ClFN4O/c1-16-11-6-12(19-13(18-11)7-20-2)17-10-4-3-8(14)5-9(10)15/h3-6H,7H2,1-2H3,(H2,16,17,18,19). The molecule has 7 heteroatoms. The van der Waals surface area contributed by atoms with Crippen LogP contribution in [0.2, 0.25) is 5.02 Å². The second-order valence-electron chi connectivity index (χ2n) is 3.99. The van der Waals surface area contributed by atoms with Crippen LogP contribution in [-0.2, 0) is 11.3 Å². The highest BCUT2D eigenvalue weighted by Gasteiger charge is 2.07. The van der Waals surface area contributed by atoms with E-state index in [4.69, 9.17) is 16.3 Å². The van der Waals surface area contributed by atoms with Gasteiger partial charge in [0.05, 0.1) is 5.69 Å². The second-order valence-corrected chi connectivity index (χ2v) is 4.42. The Morgan fingerprint density at radius 2 is 2.00 bits per heavy atom. The van der Waals surface area contributed by atoms with Gasteiger partial charge in [0.15, 0.2) is 5.82 Å². The highest BCUT2D eigenvalue weighted by Crippen LogP contribution is 2.23. The highest BCUT2D eigenvalue weighted by molar-refractivity contribution is 6.30. The summed E-state index contributed by atoms with van der Waals surface area (Å²) in [4.78, 5) is 8.46. The molecule has 0 saturated carbocycles. The SMILES string of the molecule is CNc1cc(Nc2ccc(Cl)cc2F)nc(COC)n1. The first kappa shape index (κ1) is 14.5. The minimum Gasteiger partial charge on any atom is -0.377 e. The topological polar surface area (TPSA) is 59.1 Å². The van der Waals surface area contributed by atoms with Crippen molar-refractivity contribution in [2.24, 2.45) is 0 Å². The summed E-state index contributed by atoms with van der Waals surface area (Å²) in [5, 5.41) is 6.15. The van der Waals surface area contributed by atoms with Crippen LogP contribution in [-0.4, -0.2) is 24.1 Å². The fraction of sp³-hybridized carbons (Fsp3) is 0.231. The average molecular weight is 297 g/mol. The molecule has 0 radical (unpaired) electrons. The van der Waals surface area contributed by atoms with E-state index < -0.39 is 5.82 Å². The lowest BCUT2D eigenvalue weighted by molar-refractivity contribution is 0.178. The van der Waals surface area contributed by atoms with Crippen LogP contribution in [0.4, 0.5) is 21.7 Å². The van der Waals surface area contributed by atoms with Crippen molar-refractivity contribution >= 4 is 28.9 Å². The number of hydrogen-bond acceptors (Lipinski definition) is 5. The number of ether oxygens (including phenoxy) is 1. The zero-order valence-electron chi connectivity index (χ0n) is 11.1. The summed E-state index contributed by atoms with van der Waals surface area (Å²) < 4.78 is 18.7. The molecule has 1 aromatic heterocycles. The molecule has 5 nitrogen and oxygen atoms in total. The van der Waals surface area contributed by atoms with E-state index >= 15 is 0 Å². The van der Waals surface area contributed by atoms with Gasteiger partial charge in [-0.1, -0.05) is 11.6 Å². The number of benzene rings is 1. The van der Waals surface area contributed by atoms with Crippen LogP contribution in [0.1, 0.15) is 5.82 Å². The first-order chi connectivity index (χ1) is 9.62. The Hall–Kier alpha value is -1.92. The highest BCUT2D eigenvalue weighted by atomic mass is 35.5. The number of aromatic nitrogens is 2. The number of hydrogen-bond donors (Lipinski definition) is 2. The van der Waals surface area contributed by atoms with Crippen molar-refractivity contribution in [2.75, 3.05) is 24.8 Å². The molecule has 106 valence electrons. The van der Waals surface area contributed by atoms with Crippen LogP contribution in [0.25, 0.3) is 0 Å². The van der Waals surface area contributed by atoms with Crippen molar-refractivity contribution in [1.29, 1.82) is 0 Å². The lowest BCUT2D eigenvalue weighted by Crippen LogP contribution is -2.05. The van der Waals surface area contributed by atoms with E-state index in [1.54, 1.807) is 32.4 Å². The van der Waals surface area contributed by atoms with Gasteiger partial charge in [-0.25, -0.2) is 14.4 Å². The zero-order chi connectivity index (χ0) is 14.5. The number of halogens is 2. The Morgan fingerprint density at radius 1 is 1.25 bits per heavy atom. The molecule has 0 aliphatic carbocycles. The quantitative estimate of drug-likeness (QED) is 0.887. The number of nitrogens with zero attached hydrogens (tertiary/aromatic N) is 2. The number of anilines is 3. The normalized spacial score (nSPS) is 10.4. The molecule has 0 unspecified atom stereocenters. The molecule has 0 bridgehead atoms. The van der Waals surface area contributed by atoms with E-state index in [9.17, 15) is 4.39 Å². The predicted octanol–water partition coefficient (Wildman–Crippen LogP) is 3.20. The minimum absolute atomic E-state index is 0.271. The number of methoxy groups -OCH3 is 1. The van der Waals surface area contributed by atoms with Gasteiger partial charge in [-0.3, -0.25) is 0 Å². The van der Waals surface area contributed by atoms with Crippen LogP contribution in [0.3, 0.4) is 0 Å². The summed E-state index contributed by atoms with van der Waals surface area (Å²) in [7, 11) is 3.30. The van der Waals surface area contributed by atoms with E-state index in [0.717, 1.165) is 0 Å². The van der Waals surface area contributed by atoms with Gasteiger partial charge in [-0.05, 0) is 18.2 Å². The molecule has 2 aromatic rings. The fourth-order valence-electron chi connectivity index (χ4n) is 1.61. The van der Waals surface area contributed by atoms with Gasteiger partial charge in [0.25, 0.3) is 0 Å². The van der Waals surface area contributed by atoms with Crippen molar-refractivity contribution in [3.05, 3.63) is 40.9 Å². The largest absolute Gasteiger partial charge is 0.377 e. The molecule has 1 aromatic carbocycles. The number of rotatable bonds is 5. The van der Waals surface area contributed by atoms with E-state index in [0.29, 0.717) is 28.2 Å². The first-order valence-corrected chi connectivity index (χ1v) is 6.27. The Labute approximate surface area is 121 Å². The Balaban J connectivity index is 2.29. The lowest BCUT2D eigenvalue weighted by Gasteiger charge is -2.10. The van der Waals surface area contributed by atoms with Crippen molar-refractivity contribution < 1.29 is 9.13 Å². The predicted molar refractivity (Wildman–Crippen MR) is 77.0 cm³/mol. The summed E-state index contributed by atoms with van der Waals surface area (Å²) in [6, 6.07) is 6.06. The summed E-state index contributed by atoms with van der Waals surface area (Å²) in [6.07, 6.45) is 0. The van der Waals surface area contributed by atoms with Gasteiger partial charge in [0.1, 0.15) is 24.1 Å². The molecule has 0 amide bonds. The molecule has 0 aliphatic heterocycles. The third-order valence-corrected chi connectivity index (χ3v) is 2.73. The van der Waals surface area contributed by atoms with E-state index in [-0.39, 0.29) is 6.61 Å². The lowest BCUT2D eigenvalue weighted by atomic mass is 10.3.